The number of rotatable bonds is 11. The predicted molar refractivity (Wildman–Crippen MR) is 149 cm³/mol. The number of aliphatic imine (C=N–C) groups is 1. The Kier molecular flexibility index (Phi) is 13.8. The first-order valence-corrected chi connectivity index (χ1v) is 12.9. The van der Waals surface area contributed by atoms with E-state index in [1.807, 2.05) is 0 Å². The summed E-state index contributed by atoms with van der Waals surface area (Å²) in [4.78, 5) is 42.2. The summed E-state index contributed by atoms with van der Waals surface area (Å²) in [5.41, 5.74) is 5.21. The summed E-state index contributed by atoms with van der Waals surface area (Å²) in [6, 6.07) is 4.13. The minimum atomic E-state index is -4.52. The molecule has 0 bridgehead atoms. The van der Waals surface area contributed by atoms with E-state index in [0.717, 1.165) is 19.1 Å². The molecule has 0 aromatic heterocycles. The number of carbonyl (C=O) groups excluding carboxylic acids is 2. The van der Waals surface area contributed by atoms with Crippen LogP contribution in [0.5, 0.6) is 0 Å². The van der Waals surface area contributed by atoms with Crippen LogP contribution in [0.25, 0.3) is 0 Å². The maximum atomic E-state index is 13.5. The van der Waals surface area contributed by atoms with Gasteiger partial charge in [-0.15, -0.1) is 12.3 Å². The largest absolute Gasteiger partial charge is 0.481 e. The number of nitrogens with two attached hydrogens (primary N) is 1. The first kappa shape index (κ1) is 35.8. The quantitative estimate of drug-likeness (QED) is 0.111. The molecule has 1 atom stereocenters. The van der Waals surface area contributed by atoms with E-state index < -0.39 is 54.2 Å². The highest BCUT2D eigenvalue weighted by Gasteiger charge is 2.34. The van der Waals surface area contributed by atoms with Gasteiger partial charge in [0.25, 0.3) is 5.91 Å². The van der Waals surface area contributed by atoms with Crippen LogP contribution < -0.4 is 5.73 Å². The van der Waals surface area contributed by atoms with E-state index in [1.165, 1.54) is 35.4 Å². The SMILES string of the molecule is C#CC.C/C=C\C(=C/CC(=O)O)C(=O)N1CC(C(N)=O)=C(N=Cc2ccc(C(F)(F)F)cc2)C(CCCC(C)(F)F)C1. The van der Waals surface area contributed by atoms with Crippen LogP contribution in [0.4, 0.5) is 22.0 Å². The fraction of sp³-hybridized carbons (Fsp3) is 0.400. The first-order valence-electron chi connectivity index (χ1n) is 12.9. The Balaban J connectivity index is 0.00000281. The number of amides is 2. The molecule has 3 N–H and O–H groups in total. The molecule has 0 fully saturated rings. The van der Waals surface area contributed by atoms with Crippen LogP contribution in [0, 0.1) is 18.3 Å². The van der Waals surface area contributed by atoms with Gasteiger partial charge in [0.2, 0.25) is 11.8 Å². The monoisotopic (exact) mass is 595 g/mol. The second kappa shape index (κ2) is 16.2. The zero-order valence-corrected chi connectivity index (χ0v) is 23.5. The van der Waals surface area contributed by atoms with Gasteiger partial charge >= 0.3 is 12.1 Å². The third-order valence-corrected chi connectivity index (χ3v) is 5.92. The third-order valence-electron chi connectivity index (χ3n) is 5.92. The molecule has 12 heteroatoms. The van der Waals surface area contributed by atoms with Crippen LogP contribution in [-0.4, -0.2) is 53.0 Å². The number of hydrogen-bond acceptors (Lipinski definition) is 4. The summed E-state index contributed by atoms with van der Waals surface area (Å²) >= 11 is 0. The molecule has 1 unspecified atom stereocenters. The molecule has 1 heterocycles. The van der Waals surface area contributed by atoms with Crippen molar-refractivity contribution in [2.24, 2.45) is 16.6 Å². The highest BCUT2D eigenvalue weighted by atomic mass is 19.4. The van der Waals surface area contributed by atoms with Crippen molar-refractivity contribution in [3.05, 3.63) is 70.5 Å². The molecule has 7 nitrogen and oxygen atoms in total. The van der Waals surface area contributed by atoms with Crippen LogP contribution in [-0.2, 0) is 20.6 Å². The molecule has 228 valence electrons. The van der Waals surface area contributed by atoms with Gasteiger partial charge in [-0.25, -0.2) is 8.78 Å². The number of carbonyl (C=O) groups is 3. The van der Waals surface area contributed by atoms with E-state index in [2.05, 4.69) is 17.3 Å². The number of nitrogens with zero attached hydrogens (tertiary/aromatic N) is 2. The molecule has 2 rings (SSSR count). The molecular weight excluding hydrogens is 561 g/mol. The third kappa shape index (κ3) is 12.1. The van der Waals surface area contributed by atoms with Gasteiger partial charge in [-0.05, 0) is 51.3 Å². The summed E-state index contributed by atoms with van der Waals surface area (Å²) in [6.45, 7) is 3.77. The Morgan fingerprint density at radius 2 is 1.79 bits per heavy atom. The van der Waals surface area contributed by atoms with Crippen molar-refractivity contribution in [1.82, 2.24) is 4.90 Å². The zero-order chi connectivity index (χ0) is 32.1. The Labute approximate surface area is 241 Å². The summed E-state index contributed by atoms with van der Waals surface area (Å²) in [5.74, 6) is -4.02. The second-order valence-corrected chi connectivity index (χ2v) is 9.50. The van der Waals surface area contributed by atoms with E-state index in [4.69, 9.17) is 10.8 Å². The van der Waals surface area contributed by atoms with E-state index in [-0.39, 0.29) is 42.8 Å². The normalized spacial score (nSPS) is 16.3. The lowest BCUT2D eigenvalue weighted by atomic mass is 9.89. The highest BCUT2D eigenvalue weighted by molar-refractivity contribution is 5.99. The van der Waals surface area contributed by atoms with E-state index >= 15 is 0 Å². The molecule has 0 radical (unpaired) electrons. The predicted octanol–water partition coefficient (Wildman–Crippen LogP) is 5.76. The highest BCUT2D eigenvalue weighted by Crippen LogP contribution is 2.32. The van der Waals surface area contributed by atoms with Crippen molar-refractivity contribution in [3.8, 4) is 12.3 Å². The standard InChI is InChI=1S/C27H30F5N3O4.C3H4/c1-3-5-18(9-12-22(36)37)25(39)35-15-19(6-4-13-26(2,28)29)23(21(16-35)24(33)38)34-14-17-7-10-20(11-8-17)27(30,31)32;1-3-2/h3,5,7-11,14,19H,4,6,12-13,15-16H2,1-2H3,(H2,33,38)(H,36,37);1H,2H3/b5-3-,18-9+,34-14?;. The number of carboxylic acids is 1. The maximum absolute atomic E-state index is 13.5. The molecule has 2 amide bonds. The number of allylic oxidation sites excluding steroid dienone is 1. The first-order chi connectivity index (χ1) is 19.5. The van der Waals surface area contributed by atoms with Gasteiger partial charge in [-0.2, -0.15) is 13.2 Å². The fourth-order valence-corrected chi connectivity index (χ4v) is 4.05. The van der Waals surface area contributed by atoms with Gasteiger partial charge in [0.15, 0.2) is 0 Å². The van der Waals surface area contributed by atoms with Gasteiger partial charge in [0.1, 0.15) is 0 Å². The van der Waals surface area contributed by atoms with Gasteiger partial charge < -0.3 is 15.7 Å². The molecule has 42 heavy (non-hydrogen) atoms. The van der Waals surface area contributed by atoms with E-state index in [1.54, 1.807) is 19.9 Å². The lowest BCUT2D eigenvalue weighted by molar-refractivity contribution is -0.138. The second-order valence-electron chi connectivity index (χ2n) is 9.50. The van der Waals surface area contributed by atoms with E-state index in [0.29, 0.717) is 5.56 Å². The average molecular weight is 596 g/mol. The molecule has 1 aromatic carbocycles. The molecule has 0 aliphatic carbocycles. The number of hydrogen-bond donors (Lipinski definition) is 2. The molecule has 1 aromatic rings. The number of carboxylic acid groups (broad SMARTS) is 1. The minimum Gasteiger partial charge on any atom is -0.481 e. The molecule has 1 aliphatic rings. The molecular formula is C30H34F5N3O4. The summed E-state index contributed by atoms with van der Waals surface area (Å²) in [5, 5.41) is 8.99. The number of aliphatic carboxylic acids is 1. The average Bonchev–Trinajstić information content (AvgIpc) is 2.88. The van der Waals surface area contributed by atoms with Gasteiger partial charge in [0, 0.05) is 30.7 Å². The van der Waals surface area contributed by atoms with Crippen LogP contribution in [0.15, 0.2) is 64.3 Å². The zero-order valence-electron chi connectivity index (χ0n) is 23.5. The molecule has 0 spiro atoms. The summed E-state index contributed by atoms with van der Waals surface area (Å²) in [7, 11) is 0. The Morgan fingerprint density at radius 3 is 2.26 bits per heavy atom. The van der Waals surface area contributed by atoms with Crippen LogP contribution >= 0.6 is 0 Å². The number of alkyl halides is 5. The Bertz CT molecular complexity index is 1270. The van der Waals surface area contributed by atoms with Crippen LogP contribution in [0.1, 0.15) is 57.6 Å². The number of benzene rings is 1. The summed E-state index contributed by atoms with van der Waals surface area (Å²) in [6.07, 6.45) is 4.77. The van der Waals surface area contributed by atoms with Crippen molar-refractivity contribution < 1.29 is 41.4 Å². The lowest BCUT2D eigenvalue weighted by Crippen LogP contribution is -2.44. The van der Waals surface area contributed by atoms with Crippen molar-refractivity contribution >= 4 is 24.0 Å². The lowest BCUT2D eigenvalue weighted by Gasteiger charge is -2.34. The molecule has 0 saturated heterocycles. The number of terminal acetylenes is 1. The summed E-state index contributed by atoms with van der Waals surface area (Å²) < 4.78 is 65.6. The van der Waals surface area contributed by atoms with Crippen molar-refractivity contribution in [2.45, 2.75) is 58.6 Å². The van der Waals surface area contributed by atoms with Gasteiger partial charge in [-0.3, -0.25) is 19.4 Å². The number of primary amides is 1. The maximum Gasteiger partial charge on any atom is 0.416 e. The van der Waals surface area contributed by atoms with Crippen molar-refractivity contribution in [1.29, 1.82) is 0 Å². The van der Waals surface area contributed by atoms with Gasteiger partial charge in [-0.1, -0.05) is 30.4 Å². The Morgan fingerprint density at radius 1 is 1.19 bits per heavy atom. The topological polar surface area (TPSA) is 113 Å². The van der Waals surface area contributed by atoms with Gasteiger partial charge in [0.05, 0.1) is 29.8 Å². The van der Waals surface area contributed by atoms with E-state index in [9.17, 15) is 36.3 Å². The van der Waals surface area contributed by atoms with Crippen molar-refractivity contribution in [3.63, 3.8) is 0 Å². The molecule has 0 saturated carbocycles. The molecule has 1 aliphatic heterocycles. The fourth-order valence-electron chi connectivity index (χ4n) is 4.05. The Hall–Kier alpha value is -4.27. The minimum absolute atomic E-state index is 0.0213. The number of halogens is 5. The van der Waals surface area contributed by atoms with Crippen LogP contribution in [0.2, 0.25) is 0 Å². The van der Waals surface area contributed by atoms with Crippen LogP contribution in [0.3, 0.4) is 0 Å². The smallest absolute Gasteiger partial charge is 0.416 e. The van der Waals surface area contributed by atoms with Crippen molar-refractivity contribution in [2.75, 3.05) is 13.1 Å².